The maximum Gasteiger partial charge on any atom is 0.203 e. The summed E-state index contributed by atoms with van der Waals surface area (Å²) in [5.41, 5.74) is 1.62. The van der Waals surface area contributed by atoms with Crippen LogP contribution in [-0.4, -0.2) is 22.9 Å². The highest BCUT2D eigenvalue weighted by Crippen LogP contribution is 2.40. The lowest BCUT2D eigenvalue weighted by molar-refractivity contribution is 0.172. The highest BCUT2D eigenvalue weighted by atomic mass is 16.6. The van der Waals surface area contributed by atoms with Crippen molar-refractivity contribution in [2.45, 2.75) is 0 Å². The normalized spacial score (nSPS) is 13.7. The van der Waals surface area contributed by atoms with Crippen molar-refractivity contribution in [3.8, 4) is 23.1 Å². The number of hydrogen-bond donors (Lipinski definition) is 1. The molecule has 0 saturated heterocycles. The summed E-state index contributed by atoms with van der Waals surface area (Å²) in [6.07, 6.45) is 3.54. The van der Waals surface area contributed by atoms with Gasteiger partial charge >= 0.3 is 0 Å². The Bertz CT molecular complexity index is 1040. The van der Waals surface area contributed by atoms with Crippen molar-refractivity contribution in [1.82, 2.24) is 4.57 Å². The molecule has 0 atom stereocenters. The van der Waals surface area contributed by atoms with E-state index in [2.05, 4.69) is 0 Å². The van der Waals surface area contributed by atoms with E-state index in [1.54, 1.807) is 10.8 Å². The summed E-state index contributed by atoms with van der Waals surface area (Å²) in [5.74, 6) is 1.54. The molecule has 3 heterocycles. The minimum absolute atomic E-state index is 0.169. The molecule has 4 aromatic rings. The van der Waals surface area contributed by atoms with Gasteiger partial charge in [-0.3, -0.25) is 4.57 Å². The third-order valence-electron chi connectivity index (χ3n) is 4.17. The maximum absolute atomic E-state index is 10.6. The van der Waals surface area contributed by atoms with Crippen LogP contribution in [0.5, 0.6) is 17.4 Å². The summed E-state index contributed by atoms with van der Waals surface area (Å²) < 4.78 is 18.4. The van der Waals surface area contributed by atoms with E-state index < -0.39 is 0 Å². The van der Waals surface area contributed by atoms with Gasteiger partial charge in [-0.25, -0.2) is 0 Å². The number of rotatable bonds is 1. The van der Waals surface area contributed by atoms with Crippen LogP contribution in [0.3, 0.4) is 0 Å². The van der Waals surface area contributed by atoms with Crippen molar-refractivity contribution in [2.24, 2.45) is 0 Å². The predicted octanol–water partition coefficient (Wildman–Crippen LogP) is 3.85. The first-order valence-electron chi connectivity index (χ1n) is 7.41. The minimum atomic E-state index is 0.169. The average Bonchev–Trinajstić information content (AvgIpc) is 3.17. The first kappa shape index (κ1) is 12.5. The molecule has 1 aliphatic heterocycles. The molecule has 0 radical (unpaired) electrons. The Labute approximate surface area is 131 Å². The molecule has 5 nitrogen and oxygen atoms in total. The van der Waals surface area contributed by atoms with Crippen molar-refractivity contribution in [3.05, 3.63) is 48.9 Å². The van der Waals surface area contributed by atoms with Crippen LogP contribution in [0.1, 0.15) is 0 Å². The number of aromatic hydroxyl groups is 1. The fraction of sp³-hybridized carbons (Fsp3) is 0.111. The molecule has 0 aliphatic carbocycles. The summed E-state index contributed by atoms with van der Waals surface area (Å²) >= 11 is 0. The van der Waals surface area contributed by atoms with E-state index in [1.807, 2.05) is 42.6 Å². The van der Waals surface area contributed by atoms with E-state index in [1.165, 1.54) is 0 Å². The lowest BCUT2D eigenvalue weighted by Crippen LogP contribution is -2.14. The molecule has 23 heavy (non-hydrogen) atoms. The third-order valence-corrected chi connectivity index (χ3v) is 4.17. The summed E-state index contributed by atoms with van der Waals surface area (Å²) in [7, 11) is 0. The van der Waals surface area contributed by atoms with Gasteiger partial charge in [0.1, 0.15) is 18.8 Å². The van der Waals surface area contributed by atoms with Gasteiger partial charge in [0.15, 0.2) is 11.5 Å². The number of ether oxygens (including phenoxy) is 2. The second-order valence-corrected chi connectivity index (χ2v) is 5.55. The largest absolute Gasteiger partial charge is 0.494 e. The zero-order valence-electron chi connectivity index (χ0n) is 12.2. The van der Waals surface area contributed by atoms with Crippen LogP contribution in [0.2, 0.25) is 0 Å². The fourth-order valence-corrected chi connectivity index (χ4v) is 3.03. The minimum Gasteiger partial charge on any atom is -0.494 e. The number of fused-ring (bicyclic) bond motifs is 3. The Morgan fingerprint density at radius 1 is 0.913 bits per heavy atom. The SMILES string of the molecule is Oc1c2cc3c(cc2cn1-c1ccc2ccoc2c1)OCCO3. The van der Waals surface area contributed by atoms with Crippen molar-refractivity contribution < 1.29 is 19.0 Å². The third kappa shape index (κ3) is 1.80. The van der Waals surface area contributed by atoms with Gasteiger partial charge in [0.2, 0.25) is 5.88 Å². The van der Waals surface area contributed by atoms with Gasteiger partial charge in [-0.05, 0) is 30.3 Å². The van der Waals surface area contributed by atoms with Gasteiger partial charge in [-0.1, -0.05) is 0 Å². The molecule has 2 aromatic carbocycles. The van der Waals surface area contributed by atoms with Gasteiger partial charge in [0.05, 0.1) is 12.0 Å². The molecule has 1 N–H and O–H groups in total. The zero-order chi connectivity index (χ0) is 15.4. The Balaban J connectivity index is 1.73. The average molecular weight is 307 g/mol. The standard InChI is InChI=1S/C18H13NO4/c20-18-14-9-17-16(22-5-6-23-17)7-12(14)10-19(18)13-2-1-11-3-4-21-15(11)8-13/h1-4,7-10,20H,5-6H2. The van der Waals surface area contributed by atoms with Crippen molar-refractivity contribution in [2.75, 3.05) is 13.2 Å². The second kappa shape index (κ2) is 4.46. The summed E-state index contributed by atoms with van der Waals surface area (Å²) in [4.78, 5) is 0. The van der Waals surface area contributed by atoms with Crippen LogP contribution in [0.4, 0.5) is 0 Å². The number of furan rings is 1. The van der Waals surface area contributed by atoms with E-state index in [9.17, 15) is 5.11 Å². The molecule has 0 spiro atoms. The second-order valence-electron chi connectivity index (χ2n) is 5.55. The molecular formula is C18H13NO4. The predicted molar refractivity (Wildman–Crippen MR) is 85.7 cm³/mol. The smallest absolute Gasteiger partial charge is 0.203 e. The summed E-state index contributed by atoms with van der Waals surface area (Å²) in [5, 5.41) is 13.3. The molecule has 0 saturated carbocycles. The molecule has 0 fully saturated rings. The molecule has 5 rings (SSSR count). The number of nitrogens with zero attached hydrogens (tertiary/aromatic N) is 1. The summed E-state index contributed by atoms with van der Waals surface area (Å²) in [6.45, 7) is 1.06. The molecule has 0 bridgehead atoms. The molecular weight excluding hydrogens is 294 g/mol. The molecule has 5 heteroatoms. The zero-order valence-corrected chi connectivity index (χ0v) is 12.2. The van der Waals surface area contributed by atoms with Gasteiger partial charge < -0.3 is 19.0 Å². The monoisotopic (exact) mass is 307 g/mol. The number of benzene rings is 2. The highest BCUT2D eigenvalue weighted by molar-refractivity contribution is 5.92. The highest BCUT2D eigenvalue weighted by Gasteiger charge is 2.17. The quantitative estimate of drug-likeness (QED) is 0.580. The van der Waals surface area contributed by atoms with Crippen LogP contribution in [0.15, 0.2) is 53.3 Å². The Morgan fingerprint density at radius 3 is 2.61 bits per heavy atom. The van der Waals surface area contributed by atoms with Crippen molar-refractivity contribution >= 4 is 21.7 Å². The van der Waals surface area contributed by atoms with Crippen LogP contribution in [0.25, 0.3) is 27.4 Å². The topological polar surface area (TPSA) is 56.8 Å². The fourth-order valence-electron chi connectivity index (χ4n) is 3.03. The Kier molecular flexibility index (Phi) is 2.42. The van der Waals surface area contributed by atoms with E-state index in [0.717, 1.165) is 27.4 Å². The van der Waals surface area contributed by atoms with Crippen molar-refractivity contribution in [1.29, 1.82) is 0 Å². The van der Waals surface area contributed by atoms with E-state index in [4.69, 9.17) is 13.9 Å². The molecule has 0 unspecified atom stereocenters. The Hall–Kier alpha value is -3.08. The van der Waals surface area contributed by atoms with Crippen LogP contribution in [0, 0.1) is 0 Å². The maximum atomic E-state index is 10.6. The van der Waals surface area contributed by atoms with E-state index in [0.29, 0.717) is 24.7 Å². The summed E-state index contributed by atoms with van der Waals surface area (Å²) in [6, 6.07) is 11.4. The first-order chi connectivity index (χ1) is 11.3. The van der Waals surface area contributed by atoms with Gasteiger partial charge in [-0.2, -0.15) is 0 Å². The lowest BCUT2D eigenvalue weighted by Gasteiger charge is -2.18. The Morgan fingerprint density at radius 2 is 1.74 bits per heavy atom. The van der Waals surface area contributed by atoms with Crippen LogP contribution < -0.4 is 9.47 Å². The first-order valence-corrected chi connectivity index (χ1v) is 7.41. The van der Waals surface area contributed by atoms with E-state index >= 15 is 0 Å². The van der Waals surface area contributed by atoms with E-state index in [-0.39, 0.29) is 5.88 Å². The molecule has 1 aliphatic rings. The van der Waals surface area contributed by atoms with Gasteiger partial charge in [0, 0.05) is 28.4 Å². The molecule has 114 valence electrons. The van der Waals surface area contributed by atoms with Gasteiger partial charge in [-0.15, -0.1) is 0 Å². The molecule has 2 aromatic heterocycles. The van der Waals surface area contributed by atoms with Crippen molar-refractivity contribution in [3.63, 3.8) is 0 Å². The number of aromatic nitrogens is 1. The lowest BCUT2D eigenvalue weighted by atomic mass is 10.2. The molecule has 0 amide bonds. The number of hydrogen-bond acceptors (Lipinski definition) is 4. The van der Waals surface area contributed by atoms with Crippen LogP contribution in [-0.2, 0) is 0 Å². The van der Waals surface area contributed by atoms with Crippen LogP contribution >= 0.6 is 0 Å². The van der Waals surface area contributed by atoms with Gasteiger partial charge in [0.25, 0.3) is 0 Å².